The summed E-state index contributed by atoms with van der Waals surface area (Å²) in [5, 5.41) is -1.60. The van der Waals surface area contributed by atoms with Gasteiger partial charge in [-0.2, -0.15) is 0 Å². The summed E-state index contributed by atoms with van der Waals surface area (Å²) in [4.78, 5) is 23.2. The highest BCUT2D eigenvalue weighted by molar-refractivity contribution is 7.92. The van der Waals surface area contributed by atoms with E-state index in [0.29, 0.717) is 0 Å². The van der Waals surface area contributed by atoms with Crippen molar-refractivity contribution in [1.82, 2.24) is 0 Å². The van der Waals surface area contributed by atoms with E-state index in [0.717, 1.165) is 12.7 Å². The van der Waals surface area contributed by atoms with Crippen LogP contribution >= 0.6 is 0 Å². The average molecular weight is 314 g/mol. The van der Waals surface area contributed by atoms with Gasteiger partial charge in [0.1, 0.15) is 0 Å². The summed E-state index contributed by atoms with van der Waals surface area (Å²) in [6.45, 7) is 3.40. The number of methoxy groups -OCH3 is 1. The second-order valence-electron chi connectivity index (χ2n) is 4.38. The molecule has 1 atom stereocenters. The second-order valence-corrected chi connectivity index (χ2v) is 6.51. The Balaban J connectivity index is 3.19. The zero-order valence-corrected chi connectivity index (χ0v) is 13.0. The van der Waals surface area contributed by atoms with Crippen molar-refractivity contribution >= 4 is 21.8 Å². The topological polar surface area (TPSA) is 86.7 Å². The third kappa shape index (κ3) is 4.29. The number of hydrogen-bond acceptors (Lipinski definition) is 6. The van der Waals surface area contributed by atoms with Gasteiger partial charge in [0, 0.05) is 0 Å². The predicted molar refractivity (Wildman–Crippen MR) is 75.4 cm³/mol. The molecule has 1 rings (SSSR count). The molecule has 0 radical (unpaired) electrons. The monoisotopic (exact) mass is 314 g/mol. The Morgan fingerprint density at radius 2 is 1.76 bits per heavy atom. The van der Waals surface area contributed by atoms with Crippen molar-refractivity contribution in [2.24, 2.45) is 0 Å². The van der Waals surface area contributed by atoms with Crippen LogP contribution in [0.3, 0.4) is 0 Å². The van der Waals surface area contributed by atoms with Gasteiger partial charge >= 0.3 is 11.9 Å². The van der Waals surface area contributed by atoms with Crippen molar-refractivity contribution in [3.8, 4) is 0 Å². The Bertz CT molecular complexity index is 603. The lowest BCUT2D eigenvalue weighted by molar-refractivity contribution is -0.148. The predicted octanol–water partition coefficient (Wildman–Crippen LogP) is 1.26. The van der Waals surface area contributed by atoms with Gasteiger partial charge in [-0.1, -0.05) is 17.7 Å². The van der Waals surface area contributed by atoms with Crippen LogP contribution < -0.4 is 0 Å². The molecular formula is C14H18O6S. The Hall–Kier alpha value is -1.89. The van der Waals surface area contributed by atoms with Crippen molar-refractivity contribution < 1.29 is 27.5 Å². The van der Waals surface area contributed by atoms with E-state index in [1.165, 1.54) is 12.1 Å². The summed E-state index contributed by atoms with van der Waals surface area (Å²) in [6.07, 6.45) is -0.578. The normalized spacial score (nSPS) is 12.5. The Labute approximate surface area is 124 Å². The fourth-order valence-corrected chi connectivity index (χ4v) is 3.20. The Morgan fingerprint density at radius 3 is 2.24 bits per heavy atom. The van der Waals surface area contributed by atoms with E-state index in [1.807, 2.05) is 6.92 Å². The van der Waals surface area contributed by atoms with Crippen molar-refractivity contribution in [3.63, 3.8) is 0 Å². The van der Waals surface area contributed by atoms with E-state index < -0.39 is 33.4 Å². The molecule has 1 aromatic carbocycles. The fourth-order valence-electron chi connectivity index (χ4n) is 1.68. The molecule has 0 spiro atoms. The highest BCUT2D eigenvalue weighted by Crippen LogP contribution is 2.20. The molecule has 0 bridgehead atoms. The SMILES string of the molecule is CCOC(=O)C(CC(=O)OC)S(=O)(=O)c1ccc(C)cc1. The van der Waals surface area contributed by atoms with Gasteiger partial charge in [-0.15, -0.1) is 0 Å². The number of esters is 2. The van der Waals surface area contributed by atoms with Crippen molar-refractivity contribution in [2.75, 3.05) is 13.7 Å². The molecule has 0 N–H and O–H groups in total. The van der Waals surface area contributed by atoms with Crippen molar-refractivity contribution in [3.05, 3.63) is 29.8 Å². The number of hydrogen-bond donors (Lipinski definition) is 0. The molecule has 1 aromatic rings. The summed E-state index contributed by atoms with van der Waals surface area (Å²) in [5.74, 6) is -1.74. The molecule has 0 aliphatic heterocycles. The van der Waals surface area contributed by atoms with Crippen LogP contribution in [0.2, 0.25) is 0 Å². The fraction of sp³-hybridized carbons (Fsp3) is 0.429. The van der Waals surface area contributed by atoms with Gasteiger partial charge in [-0.3, -0.25) is 9.59 Å². The van der Waals surface area contributed by atoms with E-state index in [9.17, 15) is 18.0 Å². The van der Waals surface area contributed by atoms with Gasteiger partial charge in [-0.05, 0) is 26.0 Å². The van der Waals surface area contributed by atoms with Crippen LogP contribution in [-0.2, 0) is 28.9 Å². The number of rotatable bonds is 6. The molecule has 21 heavy (non-hydrogen) atoms. The second kappa shape index (κ2) is 7.21. The molecule has 0 aliphatic carbocycles. The first-order chi connectivity index (χ1) is 9.82. The summed E-state index contributed by atoms with van der Waals surface area (Å²) in [6, 6.07) is 6.03. The van der Waals surface area contributed by atoms with Crippen molar-refractivity contribution in [2.45, 2.75) is 30.4 Å². The first-order valence-electron chi connectivity index (χ1n) is 6.37. The number of benzene rings is 1. The average Bonchev–Trinajstić information content (AvgIpc) is 2.44. The lowest BCUT2D eigenvalue weighted by Crippen LogP contribution is -2.34. The van der Waals surface area contributed by atoms with Crippen LogP contribution in [0.15, 0.2) is 29.2 Å². The summed E-state index contributed by atoms with van der Waals surface area (Å²) in [7, 11) is -2.89. The molecule has 116 valence electrons. The number of aryl methyl sites for hydroxylation is 1. The van der Waals surface area contributed by atoms with Crippen molar-refractivity contribution in [1.29, 1.82) is 0 Å². The minimum Gasteiger partial charge on any atom is -0.469 e. The molecule has 6 nitrogen and oxygen atoms in total. The van der Waals surface area contributed by atoms with Gasteiger partial charge in [-0.25, -0.2) is 8.42 Å². The molecule has 0 fully saturated rings. The summed E-state index contributed by atoms with van der Waals surface area (Å²) in [5.41, 5.74) is 0.884. The molecule has 7 heteroatoms. The van der Waals surface area contributed by atoms with Gasteiger partial charge in [0.2, 0.25) is 0 Å². The first-order valence-corrected chi connectivity index (χ1v) is 7.91. The Morgan fingerprint density at radius 1 is 1.19 bits per heavy atom. The minimum absolute atomic E-state index is 0.0277. The van der Waals surface area contributed by atoms with E-state index >= 15 is 0 Å². The van der Waals surface area contributed by atoms with Gasteiger partial charge in [0.25, 0.3) is 0 Å². The number of carbonyl (C=O) groups excluding carboxylic acids is 2. The molecule has 0 aromatic heterocycles. The van der Waals surface area contributed by atoms with Crippen LogP contribution in [0.4, 0.5) is 0 Å². The first kappa shape index (κ1) is 17.2. The van der Waals surface area contributed by atoms with Crippen LogP contribution in [0.1, 0.15) is 18.9 Å². The zero-order valence-electron chi connectivity index (χ0n) is 12.2. The summed E-state index contributed by atoms with van der Waals surface area (Å²) >= 11 is 0. The lowest BCUT2D eigenvalue weighted by Gasteiger charge is -2.15. The molecule has 0 aliphatic rings. The molecule has 0 amide bonds. The standard InChI is InChI=1S/C14H18O6S/c1-4-20-14(16)12(9-13(15)19-3)21(17,18)11-7-5-10(2)6-8-11/h5-8,12H,4,9H2,1-3H3. The van der Waals surface area contributed by atoms with E-state index in [-0.39, 0.29) is 11.5 Å². The van der Waals surface area contributed by atoms with E-state index in [4.69, 9.17) is 4.74 Å². The number of sulfone groups is 1. The Kier molecular flexibility index (Phi) is 5.90. The lowest BCUT2D eigenvalue weighted by atomic mass is 10.2. The number of carbonyl (C=O) groups is 2. The van der Waals surface area contributed by atoms with E-state index in [2.05, 4.69) is 4.74 Å². The maximum atomic E-state index is 12.5. The van der Waals surface area contributed by atoms with E-state index in [1.54, 1.807) is 19.1 Å². The maximum absolute atomic E-state index is 12.5. The molecule has 0 heterocycles. The molecular weight excluding hydrogens is 296 g/mol. The minimum atomic E-state index is -4.02. The maximum Gasteiger partial charge on any atom is 0.325 e. The largest absolute Gasteiger partial charge is 0.469 e. The third-order valence-corrected chi connectivity index (χ3v) is 4.89. The molecule has 1 unspecified atom stereocenters. The molecule has 0 saturated carbocycles. The zero-order chi connectivity index (χ0) is 16.0. The van der Waals surface area contributed by atoms with Crippen LogP contribution in [0.25, 0.3) is 0 Å². The smallest absolute Gasteiger partial charge is 0.325 e. The van der Waals surface area contributed by atoms with Crippen LogP contribution in [-0.4, -0.2) is 39.3 Å². The van der Waals surface area contributed by atoms with Gasteiger partial charge in [0.05, 0.1) is 25.0 Å². The quantitative estimate of drug-likeness (QED) is 0.735. The van der Waals surface area contributed by atoms with Gasteiger partial charge < -0.3 is 9.47 Å². The highest BCUT2D eigenvalue weighted by Gasteiger charge is 2.37. The van der Waals surface area contributed by atoms with Crippen LogP contribution in [0.5, 0.6) is 0 Å². The van der Waals surface area contributed by atoms with Gasteiger partial charge in [0.15, 0.2) is 15.1 Å². The third-order valence-electron chi connectivity index (χ3n) is 2.85. The summed E-state index contributed by atoms with van der Waals surface area (Å²) < 4.78 is 34.2. The highest BCUT2D eigenvalue weighted by atomic mass is 32.2. The molecule has 0 saturated heterocycles. The number of ether oxygens (including phenoxy) is 2. The van der Waals surface area contributed by atoms with Crippen LogP contribution in [0, 0.1) is 6.92 Å².